The molecule has 18 heavy (non-hydrogen) atoms. The van der Waals surface area contributed by atoms with E-state index in [2.05, 4.69) is 15.9 Å². The summed E-state index contributed by atoms with van der Waals surface area (Å²) in [5, 5.41) is 9.12. The Labute approximate surface area is 108 Å². The summed E-state index contributed by atoms with van der Waals surface area (Å²) in [4.78, 5) is -0.777. The lowest BCUT2D eigenvalue weighted by molar-refractivity contribution is -0.207. The zero-order valence-corrected chi connectivity index (χ0v) is 11.2. The molecule has 0 fully saturated rings. The maximum atomic E-state index is 13.2. The van der Waals surface area contributed by atoms with Gasteiger partial charge in [-0.05, 0) is 28.1 Å². The monoisotopic (exact) mass is 350 g/mol. The molecule has 0 aromatic heterocycles. The molecule has 0 saturated heterocycles. The van der Waals surface area contributed by atoms with Crippen molar-refractivity contribution in [3.8, 4) is 0 Å². The van der Waals surface area contributed by atoms with Crippen LogP contribution in [0.1, 0.15) is 11.7 Å². The van der Waals surface area contributed by atoms with Crippen LogP contribution in [0.15, 0.2) is 21.5 Å². The van der Waals surface area contributed by atoms with E-state index in [0.29, 0.717) is 18.4 Å². The third kappa shape index (κ3) is 3.01. The molecule has 1 rings (SSSR count). The van der Waals surface area contributed by atoms with E-state index in [1.165, 1.54) is 0 Å². The maximum Gasteiger partial charge on any atom is 0.418 e. The molecule has 3 nitrogen and oxygen atoms in total. The molecule has 0 spiro atoms. The van der Waals surface area contributed by atoms with Crippen LogP contribution in [0.2, 0.25) is 0 Å². The lowest BCUT2D eigenvalue weighted by Gasteiger charge is -2.19. The zero-order valence-electron chi connectivity index (χ0n) is 8.79. The van der Waals surface area contributed by atoms with Gasteiger partial charge in [0, 0.05) is 11.8 Å². The van der Waals surface area contributed by atoms with Crippen molar-refractivity contribution < 1.29 is 31.1 Å². The second kappa shape index (κ2) is 4.78. The summed E-state index contributed by atoms with van der Waals surface area (Å²) in [6, 6.07) is 1.38. The Hall–Kier alpha value is -0.670. The van der Waals surface area contributed by atoms with E-state index in [4.69, 9.17) is 5.11 Å². The highest BCUT2D eigenvalue weighted by atomic mass is 79.9. The predicted molar refractivity (Wildman–Crippen MR) is 58.2 cm³/mol. The second-order valence-corrected chi connectivity index (χ2v) is 6.27. The average Bonchev–Trinajstić information content (AvgIpc) is 2.17. The number of halogens is 5. The average molecular weight is 351 g/mol. The molecular weight excluding hydrogens is 344 g/mol. The number of aliphatic hydroxyl groups is 1. The van der Waals surface area contributed by atoms with Gasteiger partial charge in [0.05, 0.1) is 9.37 Å². The molecule has 1 aromatic carbocycles. The van der Waals surface area contributed by atoms with Gasteiger partial charge < -0.3 is 5.11 Å². The van der Waals surface area contributed by atoms with E-state index in [1.54, 1.807) is 0 Å². The molecule has 0 aliphatic heterocycles. The number of rotatable bonds is 2. The van der Waals surface area contributed by atoms with Crippen LogP contribution in [0.5, 0.6) is 0 Å². The van der Waals surface area contributed by atoms with Gasteiger partial charge in [-0.1, -0.05) is 0 Å². The summed E-state index contributed by atoms with van der Waals surface area (Å²) in [5.41, 5.74) is -1.05. The Morgan fingerprint density at radius 3 is 2.22 bits per heavy atom. The largest absolute Gasteiger partial charge is 0.418 e. The zero-order chi connectivity index (χ0) is 14.3. The summed E-state index contributed by atoms with van der Waals surface area (Å²) in [7, 11) is -4.03. The molecule has 0 aliphatic carbocycles. The number of alkyl halides is 3. The summed E-state index contributed by atoms with van der Waals surface area (Å²) in [5.74, 6) is -1.10. The minimum absolute atomic E-state index is 0.666. The van der Waals surface area contributed by atoms with Gasteiger partial charge in [0.1, 0.15) is 5.82 Å². The van der Waals surface area contributed by atoms with Gasteiger partial charge in [-0.15, -0.1) is 0 Å². The van der Waals surface area contributed by atoms with E-state index in [-0.39, 0.29) is 0 Å². The SMILES string of the molecule is CS(=O)(=O)c1ccc(F)c(Br)c1C(O)C(F)(F)F. The minimum atomic E-state index is -5.10. The Morgan fingerprint density at radius 2 is 1.83 bits per heavy atom. The lowest BCUT2D eigenvalue weighted by atomic mass is 10.1. The Morgan fingerprint density at radius 1 is 1.33 bits per heavy atom. The van der Waals surface area contributed by atoms with E-state index in [1.807, 2.05) is 0 Å². The Bertz CT molecular complexity index is 568. The topological polar surface area (TPSA) is 54.4 Å². The number of hydrogen-bond acceptors (Lipinski definition) is 3. The first-order valence-corrected chi connectivity index (χ1v) is 7.07. The van der Waals surface area contributed by atoms with Crippen molar-refractivity contribution in [2.45, 2.75) is 17.2 Å². The normalized spacial score (nSPS) is 14.6. The van der Waals surface area contributed by atoms with Crippen molar-refractivity contribution in [3.63, 3.8) is 0 Å². The van der Waals surface area contributed by atoms with Gasteiger partial charge in [0.2, 0.25) is 0 Å². The molecule has 1 aromatic rings. The van der Waals surface area contributed by atoms with Crippen LogP contribution in [-0.4, -0.2) is 26.0 Å². The first-order chi connectivity index (χ1) is 7.96. The summed E-state index contributed by atoms with van der Waals surface area (Å²) in [6.45, 7) is 0. The molecule has 1 unspecified atom stereocenters. The highest BCUT2D eigenvalue weighted by molar-refractivity contribution is 9.10. The molecule has 0 amide bonds. The van der Waals surface area contributed by atoms with Gasteiger partial charge in [-0.3, -0.25) is 0 Å². The van der Waals surface area contributed by atoms with E-state index in [9.17, 15) is 26.0 Å². The molecule has 1 N–H and O–H groups in total. The van der Waals surface area contributed by atoms with Gasteiger partial charge in [-0.2, -0.15) is 13.2 Å². The van der Waals surface area contributed by atoms with E-state index >= 15 is 0 Å². The number of benzene rings is 1. The smallest absolute Gasteiger partial charge is 0.379 e. The highest BCUT2D eigenvalue weighted by Crippen LogP contribution is 2.40. The van der Waals surface area contributed by atoms with Crippen LogP contribution in [-0.2, 0) is 9.84 Å². The van der Waals surface area contributed by atoms with Crippen LogP contribution >= 0.6 is 15.9 Å². The molecular formula is C9H7BrF4O3S. The minimum Gasteiger partial charge on any atom is -0.379 e. The molecule has 0 saturated carbocycles. The molecule has 0 radical (unpaired) electrons. The number of aliphatic hydroxyl groups excluding tert-OH is 1. The molecule has 0 bridgehead atoms. The third-order valence-corrected chi connectivity index (χ3v) is 4.04. The fourth-order valence-corrected chi connectivity index (χ4v) is 2.91. The third-order valence-electron chi connectivity index (χ3n) is 2.08. The molecule has 9 heteroatoms. The quantitative estimate of drug-likeness (QED) is 0.658. The lowest BCUT2D eigenvalue weighted by Crippen LogP contribution is -2.23. The van der Waals surface area contributed by atoms with Crippen LogP contribution in [0.4, 0.5) is 17.6 Å². The predicted octanol–water partition coefficient (Wildman–Crippen LogP) is 2.59. The van der Waals surface area contributed by atoms with E-state index < -0.39 is 42.9 Å². The summed E-state index contributed by atoms with van der Waals surface area (Å²) < 4.78 is 72.4. The summed E-state index contributed by atoms with van der Waals surface area (Å²) >= 11 is 2.52. The van der Waals surface area contributed by atoms with Crippen molar-refractivity contribution in [2.75, 3.05) is 6.26 Å². The standard InChI is InChI=1S/C9H7BrF4O3S/c1-18(16,17)5-3-2-4(11)7(10)6(5)8(15)9(12,13)14/h2-3,8,15H,1H3. The van der Waals surface area contributed by atoms with E-state index in [0.717, 1.165) is 0 Å². The van der Waals surface area contributed by atoms with Gasteiger partial charge >= 0.3 is 6.18 Å². The van der Waals surface area contributed by atoms with Crippen LogP contribution in [0.25, 0.3) is 0 Å². The molecule has 0 heterocycles. The van der Waals surface area contributed by atoms with Crippen LogP contribution in [0.3, 0.4) is 0 Å². The van der Waals surface area contributed by atoms with Crippen LogP contribution in [0, 0.1) is 5.82 Å². The van der Waals surface area contributed by atoms with Crippen molar-refractivity contribution in [2.24, 2.45) is 0 Å². The van der Waals surface area contributed by atoms with Crippen LogP contribution < -0.4 is 0 Å². The van der Waals surface area contributed by atoms with Crippen molar-refractivity contribution >= 4 is 25.8 Å². The highest BCUT2D eigenvalue weighted by Gasteiger charge is 2.43. The molecule has 0 aliphatic rings. The first kappa shape index (κ1) is 15.4. The Balaban J connectivity index is 3.64. The molecule has 102 valence electrons. The molecule has 1 atom stereocenters. The Kier molecular flexibility index (Phi) is 4.09. The van der Waals surface area contributed by atoms with Gasteiger partial charge in [-0.25, -0.2) is 12.8 Å². The second-order valence-electron chi connectivity index (χ2n) is 3.49. The number of sulfone groups is 1. The van der Waals surface area contributed by atoms with Gasteiger partial charge in [0.15, 0.2) is 15.9 Å². The van der Waals surface area contributed by atoms with Crippen molar-refractivity contribution in [3.05, 3.63) is 28.0 Å². The van der Waals surface area contributed by atoms with Gasteiger partial charge in [0.25, 0.3) is 0 Å². The van der Waals surface area contributed by atoms with Crippen molar-refractivity contribution in [1.82, 2.24) is 0 Å². The number of hydrogen-bond donors (Lipinski definition) is 1. The fourth-order valence-electron chi connectivity index (χ4n) is 1.29. The maximum absolute atomic E-state index is 13.2. The first-order valence-electron chi connectivity index (χ1n) is 4.39. The van der Waals surface area contributed by atoms with Crippen molar-refractivity contribution in [1.29, 1.82) is 0 Å². The summed E-state index contributed by atoms with van der Waals surface area (Å²) in [6.07, 6.45) is -7.53. The fraction of sp³-hybridized carbons (Fsp3) is 0.333.